The van der Waals surface area contributed by atoms with Gasteiger partial charge in [-0.15, -0.1) is 6.58 Å². The maximum atomic E-state index is 10.3. The van der Waals surface area contributed by atoms with E-state index >= 15 is 0 Å². The highest BCUT2D eigenvalue weighted by molar-refractivity contribution is 6.36. The van der Waals surface area contributed by atoms with Crippen molar-refractivity contribution in [2.75, 3.05) is 0 Å². The van der Waals surface area contributed by atoms with Crippen LogP contribution in [0.2, 0.25) is 10.0 Å². The lowest BCUT2D eigenvalue weighted by atomic mass is 10.00. The fourth-order valence-electron chi connectivity index (χ4n) is 1.85. The third-order valence-corrected chi connectivity index (χ3v) is 3.36. The van der Waals surface area contributed by atoms with Crippen molar-refractivity contribution in [3.05, 3.63) is 64.7 Å². The van der Waals surface area contributed by atoms with E-state index in [1.54, 1.807) is 24.3 Å². The fourth-order valence-corrected chi connectivity index (χ4v) is 2.33. The van der Waals surface area contributed by atoms with Crippen molar-refractivity contribution >= 4 is 23.2 Å². The van der Waals surface area contributed by atoms with Gasteiger partial charge in [-0.1, -0.05) is 53.5 Å². The normalized spacial score (nSPS) is 10.3. The van der Waals surface area contributed by atoms with Gasteiger partial charge in [-0.2, -0.15) is 0 Å². The van der Waals surface area contributed by atoms with E-state index in [0.29, 0.717) is 22.0 Å². The van der Waals surface area contributed by atoms with E-state index < -0.39 is 0 Å². The lowest BCUT2D eigenvalue weighted by Crippen LogP contribution is -1.88. The van der Waals surface area contributed by atoms with Crippen molar-refractivity contribution in [1.82, 2.24) is 0 Å². The van der Waals surface area contributed by atoms with Crippen molar-refractivity contribution in [3.8, 4) is 16.9 Å². The molecular formula is C15H12Cl2O. The highest BCUT2D eigenvalue weighted by Crippen LogP contribution is 2.41. The first-order valence-corrected chi connectivity index (χ1v) is 6.27. The van der Waals surface area contributed by atoms with Gasteiger partial charge in [-0.3, -0.25) is 0 Å². The molecule has 0 radical (unpaired) electrons. The van der Waals surface area contributed by atoms with Crippen molar-refractivity contribution in [2.24, 2.45) is 0 Å². The summed E-state index contributed by atoms with van der Waals surface area (Å²) in [7, 11) is 0. The van der Waals surface area contributed by atoms with Gasteiger partial charge >= 0.3 is 0 Å². The minimum absolute atomic E-state index is 0.163. The van der Waals surface area contributed by atoms with Crippen molar-refractivity contribution < 1.29 is 5.11 Å². The lowest BCUT2D eigenvalue weighted by Gasteiger charge is -2.12. The Bertz CT molecular complexity index is 591. The molecule has 18 heavy (non-hydrogen) atoms. The maximum absolute atomic E-state index is 10.3. The molecule has 0 aliphatic heterocycles. The zero-order valence-electron chi connectivity index (χ0n) is 9.66. The van der Waals surface area contributed by atoms with Gasteiger partial charge in [-0.05, 0) is 24.1 Å². The number of aromatic hydroxyl groups is 1. The summed E-state index contributed by atoms with van der Waals surface area (Å²) in [4.78, 5) is 0. The highest BCUT2D eigenvalue weighted by Gasteiger charge is 2.14. The second kappa shape index (κ2) is 5.47. The molecule has 0 aliphatic rings. The molecule has 1 N–H and O–H groups in total. The molecule has 0 saturated heterocycles. The average Bonchev–Trinajstić information content (AvgIpc) is 2.35. The molecule has 2 rings (SSSR count). The molecule has 0 aliphatic carbocycles. The molecule has 0 heterocycles. The summed E-state index contributed by atoms with van der Waals surface area (Å²) < 4.78 is 0. The Morgan fingerprint density at radius 1 is 1.06 bits per heavy atom. The van der Waals surface area contributed by atoms with Crippen LogP contribution < -0.4 is 0 Å². The van der Waals surface area contributed by atoms with E-state index in [2.05, 4.69) is 6.58 Å². The molecular weight excluding hydrogens is 267 g/mol. The monoisotopic (exact) mass is 278 g/mol. The minimum atomic E-state index is 0.163. The smallest absolute Gasteiger partial charge is 0.128 e. The van der Waals surface area contributed by atoms with Crippen LogP contribution in [0.4, 0.5) is 0 Å². The van der Waals surface area contributed by atoms with Gasteiger partial charge in [0.25, 0.3) is 0 Å². The topological polar surface area (TPSA) is 20.2 Å². The quantitative estimate of drug-likeness (QED) is 0.775. The van der Waals surface area contributed by atoms with Crippen LogP contribution >= 0.6 is 23.2 Å². The first-order chi connectivity index (χ1) is 8.65. The van der Waals surface area contributed by atoms with Gasteiger partial charge in [0.15, 0.2) is 0 Å². The number of hydrogen-bond acceptors (Lipinski definition) is 1. The minimum Gasteiger partial charge on any atom is -0.507 e. The molecule has 0 saturated carbocycles. The zero-order chi connectivity index (χ0) is 13.1. The second-order valence-electron chi connectivity index (χ2n) is 3.90. The Kier molecular flexibility index (Phi) is 3.95. The van der Waals surface area contributed by atoms with Gasteiger partial charge in [0.05, 0.1) is 5.02 Å². The van der Waals surface area contributed by atoms with Crippen molar-refractivity contribution in [1.29, 1.82) is 0 Å². The largest absolute Gasteiger partial charge is 0.507 e. The summed E-state index contributed by atoms with van der Waals surface area (Å²) in [5, 5.41) is 11.3. The third-order valence-electron chi connectivity index (χ3n) is 2.72. The first kappa shape index (κ1) is 13.0. The van der Waals surface area contributed by atoms with Gasteiger partial charge in [0, 0.05) is 16.1 Å². The van der Waals surface area contributed by atoms with E-state index in [9.17, 15) is 5.11 Å². The highest BCUT2D eigenvalue weighted by atomic mass is 35.5. The van der Waals surface area contributed by atoms with Crippen LogP contribution in [-0.4, -0.2) is 5.11 Å². The summed E-state index contributed by atoms with van der Waals surface area (Å²) in [6.07, 6.45) is 2.32. The van der Waals surface area contributed by atoms with Gasteiger partial charge in [0.2, 0.25) is 0 Å². The molecule has 0 unspecified atom stereocenters. The molecule has 0 bridgehead atoms. The summed E-state index contributed by atoms with van der Waals surface area (Å²) in [5.41, 5.74) is 2.08. The molecule has 2 aromatic carbocycles. The number of allylic oxidation sites excluding steroid dienone is 1. The Balaban J connectivity index is 2.67. The molecule has 0 aromatic heterocycles. The Hall–Kier alpha value is -1.44. The number of halogens is 2. The SMILES string of the molecule is C=CCc1ccc(Cl)c(-c2ccccc2Cl)c1O. The maximum Gasteiger partial charge on any atom is 0.128 e. The first-order valence-electron chi connectivity index (χ1n) is 5.51. The molecule has 2 aromatic rings. The number of hydrogen-bond donors (Lipinski definition) is 1. The predicted octanol–water partition coefficient (Wildman–Crippen LogP) is 5.09. The van der Waals surface area contributed by atoms with Crippen LogP contribution in [0.5, 0.6) is 5.75 Å². The number of phenolic OH excluding ortho intramolecular Hbond substituents is 1. The molecule has 0 spiro atoms. The molecule has 1 nitrogen and oxygen atoms in total. The summed E-state index contributed by atoms with van der Waals surface area (Å²) in [5.74, 6) is 0.163. The van der Waals surface area contributed by atoms with Crippen molar-refractivity contribution in [3.63, 3.8) is 0 Å². The van der Waals surface area contributed by atoms with Crippen LogP contribution in [0.25, 0.3) is 11.1 Å². The predicted molar refractivity (Wildman–Crippen MR) is 77.5 cm³/mol. The van der Waals surface area contributed by atoms with E-state index in [-0.39, 0.29) is 5.75 Å². The van der Waals surface area contributed by atoms with Gasteiger partial charge in [-0.25, -0.2) is 0 Å². The number of phenols is 1. The summed E-state index contributed by atoms with van der Waals surface area (Å²) in [6, 6.07) is 10.9. The number of rotatable bonds is 3. The lowest BCUT2D eigenvalue weighted by molar-refractivity contribution is 0.472. The van der Waals surface area contributed by atoms with Crippen LogP contribution in [0.3, 0.4) is 0 Å². The van der Waals surface area contributed by atoms with Gasteiger partial charge in [0.1, 0.15) is 5.75 Å². The fraction of sp³-hybridized carbons (Fsp3) is 0.0667. The van der Waals surface area contributed by atoms with Crippen molar-refractivity contribution in [2.45, 2.75) is 6.42 Å². The Labute approximate surface area is 116 Å². The molecule has 92 valence electrons. The second-order valence-corrected chi connectivity index (χ2v) is 4.72. The number of benzene rings is 2. The Morgan fingerprint density at radius 2 is 1.78 bits per heavy atom. The zero-order valence-corrected chi connectivity index (χ0v) is 11.2. The van der Waals surface area contributed by atoms with E-state index in [4.69, 9.17) is 23.2 Å². The summed E-state index contributed by atoms with van der Waals surface area (Å²) in [6.45, 7) is 3.67. The van der Waals surface area contributed by atoms with E-state index in [0.717, 1.165) is 11.1 Å². The third kappa shape index (κ3) is 2.38. The molecule has 0 atom stereocenters. The van der Waals surface area contributed by atoms with E-state index in [1.807, 2.05) is 18.2 Å². The van der Waals surface area contributed by atoms with Crippen LogP contribution in [0.15, 0.2) is 49.1 Å². The average molecular weight is 279 g/mol. The standard InChI is InChI=1S/C15H12Cl2O/c1-2-5-10-8-9-13(17)14(15(10)18)11-6-3-4-7-12(11)16/h2-4,6-9,18H,1,5H2. The van der Waals surface area contributed by atoms with Crippen LogP contribution in [-0.2, 0) is 6.42 Å². The molecule has 3 heteroatoms. The van der Waals surface area contributed by atoms with Crippen LogP contribution in [0.1, 0.15) is 5.56 Å². The van der Waals surface area contributed by atoms with Gasteiger partial charge < -0.3 is 5.11 Å². The van der Waals surface area contributed by atoms with E-state index in [1.165, 1.54) is 0 Å². The van der Waals surface area contributed by atoms with Crippen LogP contribution in [0, 0.1) is 0 Å². The molecule has 0 amide bonds. The molecule has 0 fully saturated rings. The Morgan fingerprint density at radius 3 is 2.44 bits per heavy atom. The summed E-state index contributed by atoms with van der Waals surface area (Å²) >= 11 is 12.3.